The maximum atomic E-state index is 12.7. The van der Waals surface area contributed by atoms with Crippen LogP contribution in [0.1, 0.15) is 15.9 Å². The summed E-state index contributed by atoms with van der Waals surface area (Å²) in [5.74, 6) is 0.745. The summed E-state index contributed by atoms with van der Waals surface area (Å²) >= 11 is 0. The average Bonchev–Trinajstić information content (AvgIpc) is 2.62. The molecule has 0 unspecified atom stereocenters. The maximum Gasteiger partial charge on any atom is 0.195 e. The lowest BCUT2D eigenvalue weighted by Crippen LogP contribution is -2.04. The minimum atomic E-state index is -0.0282. The fraction of sp³-hybridized carbons (Fsp3) is 0.0526. The smallest absolute Gasteiger partial charge is 0.195 e. The average molecular weight is 289 g/mol. The van der Waals surface area contributed by atoms with Crippen molar-refractivity contribution >= 4 is 5.78 Å². The predicted molar refractivity (Wildman–Crippen MR) is 86.1 cm³/mol. The van der Waals surface area contributed by atoms with Gasteiger partial charge in [-0.15, -0.1) is 0 Å². The van der Waals surface area contributed by atoms with Crippen LogP contribution >= 0.6 is 0 Å². The van der Waals surface area contributed by atoms with Crippen LogP contribution in [0.25, 0.3) is 11.3 Å². The van der Waals surface area contributed by atoms with E-state index in [0.717, 1.165) is 11.3 Å². The van der Waals surface area contributed by atoms with Gasteiger partial charge in [0, 0.05) is 22.9 Å². The highest BCUT2D eigenvalue weighted by atomic mass is 16.5. The Morgan fingerprint density at radius 2 is 1.64 bits per heavy atom. The molecule has 0 aliphatic heterocycles. The lowest BCUT2D eigenvalue weighted by molar-refractivity contribution is 0.103. The minimum absolute atomic E-state index is 0.0282. The molecule has 22 heavy (non-hydrogen) atoms. The molecule has 0 saturated heterocycles. The molecule has 0 N–H and O–H groups in total. The Hall–Kier alpha value is -2.94. The van der Waals surface area contributed by atoms with Crippen LogP contribution < -0.4 is 4.74 Å². The summed E-state index contributed by atoms with van der Waals surface area (Å²) < 4.78 is 5.16. The first kappa shape index (κ1) is 14.0. The van der Waals surface area contributed by atoms with E-state index in [1.54, 1.807) is 19.4 Å². The summed E-state index contributed by atoms with van der Waals surface area (Å²) in [6.45, 7) is 0. The molecule has 0 amide bonds. The zero-order valence-electron chi connectivity index (χ0n) is 12.2. The van der Waals surface area contributed by atoms with Crippen molar-refractivity contribution in [1.82, 2.24) is 4.98 Å². The Kier molecular flexibility index (Phi) is 3.97. The summed E-state index contributed by atoms with van der Waals surface area (Å²) in [5, 5.41) is 0. The van der Waals surface area contributed by atoms with Crippen LogP contribution in [0.3, 0.4) is 0 Å². The fourth-order valence-corrected chi connectivity index (χ4v) is 2.31. The van der Waals surface area contributed by atoms with Crippen LogP contribution in [0.2, 0.25) is 0 Å². The number of ether oxygens (including phenoxy) is 1. The first-order chi connectivity index (χ1) is 10.8. The molecule has 0 saturated carbocycles. The molecule has 1 aromatic heterocycles. The van der Waals surface area contributed by atoms with Crippen molar-refractivity contribution in [2.24, 2.45) is 0 Å². The summed E-state index contributed by atoms with van der Waals surface area (Å²) in [4.78, 5) is 17.1. The molecule has 3 aromatic rings. The Morgan fingerprint density at radius 1 is 0.909 bits per heavy atom. The zero-order chi connectivity index (χ0) is 15.4. The number of ketones is 1. The second kappa shape index (κ2) is 6.22. The SMILES string of the molecule is COc1ccc(-c2ncccc2C(=O)c2ccccc2)cc1. The molecule has 3 rings (SSSR count). The molecule has 3 nitrogen and oxygen atoms in total. The van der Waals surface area contributed by atoms with Crippen LogP contribution in [0.5, 0.6) is 5.75 Å². The zero-order valence-corrected chi connectivity index (χ0v) is 12.2. The number of hydrogen-bond donors (Lipinski definition) is 0. The van der Waals surface area contributed by atoms with Gasteiger partial charge in [0.25, 0.3) is 0 Å². The molecule has 2 aromatic carbocycles. The molecule has 0 bridgehead atoms. The quantitative estimate of drug-likeness (QED) is 0.682. The lowest BCUT2D eigenvalue weighted by Gasteiger charge is -2.08. The Balaban J connectivity index is 2.04. The van der Waals surface area contributed by atoms with Gasteiger partial charge in [-0.3, -0.25) is 9.78 Å². The first-order valence-electron chi connectivity index (χ1n) is 6.99. The van der Waals surface area contributed by atoms with E-state index in [0.29, 0.717) is 16.8 Å². The third kappa shape index (κ3) is 2.74. The number of rotatable bonds is 4. The summed E-state index contributed by atoms with van der Waals surface area (Å²) in [6, 6.07) is 20.4. The number of hydrogen-bond acceptors (Lipinski definition) is 3. The molecule has 0 aliphatic carbocycles. The Morgan fingerprint density at radius 3 is 2.32 bits per heavy atom. The van der Waals surface area contributed by atoms with Crippen LogP contribution in [0.15, 0.2) is 72.9 Å². The lowest BCUT2D eigenvalue weighted by atomic mass is 9.98. The predicted octanol–water partition coefficient (Wildman–Crippen LogP) is 3.99. The van der Waals surface area contributed by atoms with Gasteiger partial charge in [0.05, 0.1) is 12.8 Å². The summed E-state index contributed by atoms with van der Waals surface area (Å²) in [6.07, 6.45) is 1.70. The standard InChI is InChI=1S/C19H15NO2/c1-22-16-11-9-14(10-12-16)18-17(8-5-13-20-18)19(21)15-6-3-2-4-7-15/h2-13H,1H3. The monoisotopic (exact) mass is 289 g/mol. The van der Waals surface area contributed by atoms with Gasteiger partial charge in [-0.1, -0.05) is 30.3 Å². The van der Waals surface area contributed by atoms with Gasteiger partial charge < -0.3 is 4.74 Å². The Bertz CT molecular complexity index is 780. The van der Waals surface area contributed by atoms with Gasteiger partial charge in [-0.05, 0) is 36.4 Å². The van der Waals surface area contributed by atoms with Gasteiger partial charge in [0.2, 0.25) is 0 Å². The molecular weight excluding hydrogens is 274 g/mol. The molecule has 108 valence electrons. The van der Waals surface area contributed by atoms with E-state index in [-0.39, 0.29) is 5.78 Å². The third-order valence-corrected chi connectivity index (χ3v) is 3.45. The second-order valence-electron chi connectivity index (χ2n) is 4.82. The van der Waals surface area contributed by atoms with E-state index in [2.05, 4.69) is 4.98 Å². The molecule has 0 spiro atoms. The van der Waals surface area contributed by atoms with Crippen molar-refractivity contribution in [3.8, 4) is 17.0 Å². The molecule has 3 heteroatoms. The minimum Gasteiger partial charge on any atom is -0.497 e. The number of methoxy groups -OCH3 is 1. The van der Waals surface area contributed by atoms with Crippen molar-refractivity contribution in [1.29, 1.82) is 0 Å². The topological polar surface area (TPSA) is 39.2 Å². The van der Waals surface area contributed by atoms with Crippen molar-refractivity contribution in [2.75, 3.05) is 7.11 Å². The van der Waals surface area contributed by atoms with E-state index in [4.69, 9.17) is 4.74 Å². The maximum absolute atomic E-state index is 12.7. The molecule has 0 aliphatic rings. The van der Waals surface area contributed by atoms with Gasteiger partial charge in [-0.2, -0.15) is 0 Å². The largest absolute Gasteiger partial charge is 0.497 e. The van der Waals surface area contributed by atoms with E-state index in [9.17, 15) is 4.79 Å². The second-order valence-corrected chi connectivity index (χ2v) is 4.82. The van der Waals surface area contributed by atoms with E-state index >= 15 is 0 Å². The third-order valence-electron chi connectivity index (χ3n) is 3.45. The van der Waals surface area contributed by atoms with E-state index in [1.165, 1.54) is 0 Å². The molecule has 0 fully saturated rings. The number of carbonyl (C=O) groups excluding carboxylic acids is 1. The van der Waals surface area contributed by atoms with Crippen LogP contribution in [0.4, 0.5) is 0 Å². The van der Waals surface area contributed by atoms with Crippen molar-refractivity contribution in [2.45, 2.75) is 0 Å². The molecule has 0 atom stereocenters. The fourth-order valence-electron chi connectivity index (χ4n) is 2.31. The van der Waals surface area contributed by atoms with E-state index in [1.807, 2.05) is 60.7 Å². The number of benzene rings is 2. The molecule has 0 radical (unpaired) electrons. The summed E-state index contributed by atoms with van der Waals surface area (Å²) in [7, 11) is 1.63. The van der Waals surface area contributed by atoms with Crippen LogP contribution in [-0.2, 0) is 0 Å². The first-order valence-corrected chi connectivity index (χ1v) is 6.99. The van der Waals surface area contributed by atoms with Crippen molar-refractivity contribution in [3.05, 3.63) is 84.1 Å². The van der Waals surface area contributed by atoms with Crippen LogP contribution in [0, 0.1) is 0 Å². The Labute approximate surface area is 129 Å². The van der Waals surface area contributed by atoms with Gasteiger partial charge >= 0.3 is 0 Å². The number of carbonyl (C=O) groups is 1. The molecule has 1 heterocycles. The van der Waals surface area contributed by atoms with Gasteiger partial charge in [-0.25, -0.2) is 0 Å². The highest BCUT2D eigenvalue weighted by Crippen LogP contribution is 2.25. The number of pyridine rings is 1. The number of aromatic nitrogens is 1. The van der Waals surface area contributed by atoms with Gasteiger partial charge in [0.1, 0.15) is 5.75 Å². The highest BCUT2D eigenvalue weighted by molar-refractivity contribution is 6.12. The summed E-state index contributed by atoms with van der Waals surface area (Å²) in [5.41, 5.74) is 2.82. The molecular formula is C19H15NO2. The van der Waals surface area contributed by atoms with Gasteiger partial charge in [0.15, 0.2) is 5.78 Å². The van der Waals surface area contributed by atoms with Crippen LogP contribution in [-0.4, -0.2) is 17.9 Å². The van der Waals surface area contributed by atoms with Crippen molar-refractivity contribution < 1.29 is 9.53 Å². The normalized spacial score (nSPS) is 10.2. The van der Waals surface area contributed by atoms with E-state index < -0.39 is 0 Å². The number of nitrogens with zero attached hydrogens (tertiary/aromatic N) is 1. The highest BCUT2D eigenvalue weighted by Gasteiger charge is 2.15. The van der Waals surface area contributed by atoms with Crippen molar-refractivity contribution in [3.63, 3.8) is 0 Å².